The van der Waals surface area contributed by atoms with Crippen LogP contribution in [0.2, 0.25) is 0 Å². The van der Waals surface area contributed by atoms with Gasteiger partial charge in [0, 0.05) is 31.1 Å². The summed E-state index contributed by atoms with van der Waals surface area (Å²) in [4.78, 5) is 28.7. The van der Waals surface area contributed by atoms with Gasteiger partial charge in [-0.05, 0) is 57.2 Å². The van der Waals surface area contributed by atoms with Gasteiger partial charge in [-0.25, -0.2) is 22.4 Å². The zero-order chi connectivity index (χ0) is 29.7. The maximum absolute atomic E-state index is 14.0. The number of likely N-dealkylation sites (tertiary alicyclic amines) is 2. The fraction of sp³-hybridized carbons (Fsp3) is 0.577. The van der Waals surface area contributed by atoms with Gasteiger partial charge in [-0.3, -0.25) is 9.69 Å². The Bertz CT molecular complexity index is 1160. The molecule has 9 nitrogen and oxygen atoms in total. The van der Waals surface area contributed by atoms with Crippen LogP contribution in [-0.4, -0.2) is 88.7 Å². The number of alkyl halides is 2. The third-order valence-corrected chi connectivity index (χ3v) is 7.25. The summed E-state index contributed by atoms with van der Waals surface area (Å²) in [5.74, 6) is -6.54. The number of benzene rings is 1. The minimum Gasteiger partial charge on any atom is -0.447 e. The molecule has 0 saturated carbocycles. The van der Waals surface area contributed by atoms with Crippen LogP contribution in [0.3, 0.4) is 0 Å². The van der Waals surface area contributed by atoms with Crippen LogP contribution < -0.4 is 5.32 Å². The third-order valence-electron chi connectivity index (χ3n) is 7.25. The summed E-state index contributed by atoms with van der Waals surface area (Å²) >= 11 is 0. The second-order valence-corrected chi connectivity index (χ2v) is 10.7. The highest BCUT2D eigenvalue weighted by molar-refractivity contribution is 6.43. The molecule has 0 bridgehead atoms. The molecule has 0 aliphatic carbocycles. The number of nitrogens with one attached hydrogen (secondary N) is 1. The molecule has 1 aromatic carbocycles. The molecule has 2 aliphatic heterocycles. The van der Waals surface area contributed by atoms with E-state index in [1.54, 1.807) is 13.8 Å². The molecule has 2 atom stereocenters. The third kappa shape index (κ3) is 8.19. The summed E-state index contributed by atoms with van der Waals surface area (Å²) in [5.41, 5.74) is -1.24. The van der Waals surface area contributed by atoms with Gasteiger partial charge < -0.3 is 25.0 Å². The number of hydrogen-bond donors (Lipinski definition) is 3. The summed E-state index contributed by atoms with van der Waals surface area (Å²) < 4.78 is 59.9. The second kappa shape index (κ2) is 13.0. The van der Waals surface area contributed by atoms with Crippen molar-refractivity contribution in [3.05, 3.63) is 47.0 Å². The molecule has 2 aliphatic rings. The number of alkyl carbamates (subject to hydrolysis) is 1. The van der Waals surface area contributed by atoms with E-state index in [2.05, 4.69) is 5.32 Å². The molecule has 2 heterocycles. The highest BCUT2D eigenvalue weighted by atomic mass is 19.3. The first-order chi connectivity index (χ1) is 18.7. The lowest BCUT2D eigenvalue weighted by molar-refractivity contribution is -0.131. The highest BCUT2D eigenvalue weighted by Gasteiger charge is 2.43. The van der Waals surface area contributed by atoms with Crippen molar-refractivity contribution in [1.82, 2.24) is 15.1 Å². The van der Waals surface area contributed by atoms with Gasteiger partial charge >= 0.3 is 13.2 Å². The molecule has 0 unspecified atom stereocenters. The lowest BCUT2D eigenvalue weighted by Crippen LogP contribution is -2.50. The average Bonchev–Trinajstić information content (AvgIpc) is 3.27. The monoisotopic (exact) mass is 568 g/mol. The first kappa shape index (κ1) is 31.4. The van der Waals surface area contributed by atoms with E-state index in [1.807, 2.05) is 6.07 Å². The van der Waals surface area contributed by atoms with Crippen molar-refractivity contribution in [1.29, 1.82) is 5.26 Å². The Morgan fingerprint density at radius 3 is 2.62 bits per heavy atom. The molecule has 3 N–H and O–H groups in total. The van der Waals surface area contributed by atoms with Crippen LogP contribution >= 0.6 is 0 Å². The molecule has 40 heavy (non-hydrogen) atoms. The predicted octanol–water partition coefficient (Wildman–Crippen LogP) is 2.56. The summed E-state index contributed by atoms with van der Waals surface area (Å²) in [5, 5.41) is 31.2. The number of halogens is 4. The van der Waals surface area contributed by atoms with E-state index in [-0.39, 0.29) is 43.7 Å². The standard InChI is InChI=1S/C26H33BF4N4O5/c1-25(2,34-10-8-26(30,31)16-34)13-18(14-32)23(36)35-9-4-3-5-20(35)15-40-24(37)33-22(27(38)39)11-17-6-7-19(28)12-21(17)29/h6-7,12-13,20,22,38-39H,3-5,8-11,15-16H2,1-2H3,(H,33,37)/b18-13+/t20-,22+/m1/s1. The van der Waals surface area contributed by atoms with Gasteiger partial charge in [-0.1, -0.05) is 6.07 Å². The molecule has 218 valence electrons. The highest BCUT2D eigenvalue weighted by Crippen LogP contribution is 2.33. The van der Waals surface area contributed by atoms with Crippen molar-refractivity contribution in [3.63, 3.8) is 0 Å². The van der Waals surface area contributed by atoms with E-state index >= 15 is 0 Å². The number of rotatable bonds is 9. The molecule has 1 aromatic rings. The van der Waals surface area contributed by atoms with Gasteiger partial charge in [0.15, 0.2) is 0 Å². The number of ether oxygens (including phenoxy) is 1. The number of piperidine rings is 1. The average molecular weight is 568 g/mol. The molecule has 3 rings (SSSR count). The van der Waals surface area contributed by atoms with Crippen molar-refractivity contribution in [3.8, 4) is 6.07 Å². The molecule has 2 fully saturated rings. The Morgan fingerprint density at radius 1 is 1.30 bits per heavy atom. The minimum atomic E-state index is -2.84. The number of carbonyl (C=O) groups excluding carboxylic acids is 2. The van der Waals surface area contributed by atoms with Crippen LogP contribution in [0.25, 0.3) is 0 Å². The Hall–Kier alpha value is -3.15. The lowest BCUT2D eigenvalue weighted by atomic mass is 9.76. The Kier molecular flexibility index (Phi) is 10.2. The molecule has 2 saturated heterocycles. The molecule has 14 heteroatoms. The largest absolute Gasteiger partial charge is 0.475 e. The van der Waals surface area contributed by atoms with Crippen LogP contribution in [0.5, 0.6) is 0 Å². The number of nitrogens with zero attached hydrogens (tertiary/aromatic N) is 3. The van der Waals surface area contributed by atoms with Crippen molar-refractivity contribution >= 4 is 19.1 Å². The topological polar surface area (TPSA) is 126 Å². The van der Waals surface area contributed by atoms with Gasteiger partial charge in [0.2, 0.25) is 0 Å². The number of carbonyl (C=O) groups is 2. The zero-order valence-electron chi connectivity index (χ0n) is 22.4. The fourth-order valence-electron chi connectivity index (χ4n) is 4.93. The van der Waals surface area contributed by atoms with E-state index < -0.39 is 60.7 Å². The summed E-state index contributed by atoms with van der Waals surface area (Å²) in [6.07, 6.45) is 1.51. The summed E-state index contributed by atoms with van der Waals surface area (Å²) in [6, 6.07) is 4.04. The lowest BCUT2D eigenvalue weighted by Gasteiger charge is -2.36. The first-order valence-corrected chi connectivity index (χ1v) is 13.0. The minimum absolute atomic E-state index is 0.0553. The van der Waals surface area contributed by atoms with Gasteiger partial charge in [-0.2, -0.15) is 5.26 Å². The SMILES string of the molecule is CC(C)(/C=C(\C#N)C(=O)N1CCCC[C@@H]1COC(=O)N[C@@H](Cc1ccc(F)cc1F)B(O)O)N1CCC(F)(F)C1. The summed E-state index contributed by atoms with van der Waals surface area (Å²) in [6.45, 7) is 2.98. The van der Waals surface area contributed by atoms with Gasteiger partial charge in [0.25, 0.3) is 11.8 Å². The van der Waals surface area contributed by atoms with Crippen molar-refractivity contribution < 1.29 is 41.9 Å². The maximum Gasteiger partial charge on any atom is 0.475 e. The van der Waals surface area contributed by atoms with Crippen LogP contribution in [-0.2, 0) is 16.0 Å². The molecular formula is C26H33BF4N4O5. The van der Waals surface area contributed by atoms with Crippen LogP contribution in [0.15, 0.2) is 29.8 Å². The van der Waals surface area contributed by atoms with Crippen LogP contribution in [0.4, 0.5) is 22.4 Å². The Morgan fingerprint density at radius 2 is 2.02 bits per heavy atom. The normalized spacial score (nSPS) is 20.5. The molecule has 0 radical (unpaired) electrons. The van der Waals surface area contributed by atoms with Crippen molar-refractivity contribution in [2.45, 2.75) is 69.4 Å². The van der Waals surface area contributed by atoms with Gasteiger partial charge in [0.1, 0.15) is 29.9 Å². The number of hydrogen-bond acceptors (Lipinski definition) is 7. The van der Waals surface area contributed by atoms with Crippen LogP contribution in [0.1, 0.15) is 45.1 Å². The zero-order valence-corrected chi connectivity index (χ0v) is 22.4. The molecule has 0 spiro atoms. The fourth-order valence-corrected chi connectivity index (χ4v) is 4.93. The maximum atomic E-state index is 14.0. The van der Waals surface area contributed by atoms with Crippen LogP contribution in [0, 0.1) is 23.0 Å². The second-order valence-electron chi connectivity index (χ2n) is 10.7. The number of amides is 2. The van der Waals surface area contributed by atoms with Crippen molar-refractivity contribution in [2.24, 2.45) is 0 Å². The van der Waals surface area contributed by atoms with Gasteiger partial charge in [0.05, 0.1) is 18.5 Å². The Labute approximate surface area is 230 Å². The van der Waals surface area contributed by atoms with Gasteiger partial charge in [-0.15, -0.1) is 0 Å². The molecular weight excluding hydrogens is 535 g/mol. The smallest absolute Gasteiger partial charge is 0.447 e. The number of nitriles is 1. The van der Waals surface area contributed by atoms with E-state index in [0.717, 1.165) is 18.6 Å². The van der Waals surface area contributed by atoms with E-state index in [4.69, 9.17) is 4.74 Å². The first-order valence-electron chi connectivity index (χ1n) is 13.0. The van der Waals surface area contributed by atoms with E-state index in [9.17, 15) is 42.5 Å². The van der Waals surface area contributed by atoms with E-state index in [1.165, 1.54) is 15.9 Å². The molecule has 2 amide bonds. The van der Waals surface area contributed by atoms with E-state index in [0.29, 0.717) is 18.9 Å². The molecule has 0 aromatic heterocycles. The van der Waals surface area contributed by atoms with Crippen molar-refractivity contribution in [2.75, 3.05) is 26.2 Å². The quantitative estimate of drug-likeness (QED) is 0.181. The summed E-state index contributed by atoms with van der Waals surface area (Å²) in [7, 11) is -2.08. The predicted molar refractivity (Wildman–Crippen MR) is 137 cm³/mol. The Balaban J connectivity index is 1.64.